The van der Waals surface area contributed by atoms with E-state index in [9.17, 15) is 4.79 Å². The molecule has 0 bridgehead atoms. The lowest BCUT2D eigenvalue weighted by Crippen LogP contribution is -2.34. The second-order valence-electron chi connectivity index (χ2n) is 7.03. The van der Waals surface area contributed by atoms with Crippen molar-refractivity contribution in [1.82, 2.24) is 4.90 Å². The van der Waals surface area contributed by atoms with E-state index in [4.69, 9.17) is 14.2 Å². The van der Waals surface area contributed by atoms with Crippen LogP contribution in [-0.4, -0.2) is 44.4 Å². The minimum Gasteiger partial charge on any atom is -0.444 e. The van der Waals surface area contributed by atoms with Crippen LogP contribution in [0.1, 0.15) is 43.8 Å². The maximum absolute atomic E-state index is 12.3. The second kappa shape index (κ2) is 7.93. The highest BCUT2D eigenvalue weighted by atomic mass is 16.7. The summed E-state index contributed by atoms with van der Waals surface area (Å²) in [5.74, 6) is 0. The van der Waals surface area contributed by atoms with Crippen molar-refractivity contribution in [1.29, 1.82) is 0 Å². The van der Waals surface area contributed by atoms with Crippen LogP contribution >= 0.6 is 0 Å². The highest BCUT2D eigenvalue weighted by molar-refractivity contribution is 5.68. The van der Waals surface area contributed by atoms with Crippen LogP contribution < -0.4 is 0 Å². The molecule has 0 radical (unpaired) electrons. The molecule has 0 aromatic heterocycles. The van der Waals surface area contributed by atoms with E-state index in [1.807, 2.05) is 26.8 Å². The number of methoxy groups -OCH3 is 2. The molecule has 1 heterocycles. The molecular weight excluding hydrogens is 322 g/mol. The summed E-state index contributed by atoms with van der Waals surface area (Å²) >= 11 is 0. The number of hydrogen-bond donors (Lipinski definition) is 0. The summed E-state index contributed by atoms with van der Waals surface area (Å²) in [6.45, 7) is 6.60. The number of carbonyl (C=O) groups is 1. The molecule has 1 aliphatic rings. The molecule has 0 fully saturated rings. The normalized spacial score (nSPS) is 13.7. The average Bonchev–Trinajstić information content (AvgIpc) is 2.54. The standard InChI is InChI=1S/C18H27N3O4/c1-18(2,3)25-17(22)21(4)11-13-9-12-7-8-19-20-15(12)10-14(13)16(23-5)24-6/h9-10,16H,7-8,11H2,1-6H3. The van der Waals surface area contributed by atoms with E-state index in [2.05, 4.69) is 16.3 Å². The van der Waals surface area contributed by atoms with Crippen LogP contribution in [0.5, 0.6) is 0 Å². The first-order chi connectivity index (χ1) is 11.7. The number of azo groups is 1. The number of nitrogens with zero attached hydrogens (tertiary/aromatic N) is 3. The lowest BCUT2D eigenvalue weighted by Gasteiger charge is -2.27. The fourth-order valence-corrected chi connectivity index (χ4v) is 2.66. The fourth-order valence-electron chi connectivity index (χ4n) is 2.66. The first-order valence-electron chi connectivity index (χ1n) is 8.28. The van der Waals surface area contributed by atoms with Crippen molar-refractivity contribution in [2.75, 3.05) is 27.8 Å². The molecule has 25 heavy (non-hydrogen) atoms. The van der Waals surface area contributed by atoms with Gasteiger partial charge >= 0.3 is 6.09 Å². The Balaban J connectivity index is 2.31. The molecule has 1 aliphatic heterocycles. The monoisotopic (exact) mass is 349 g/mol. The van der Waals surface area contributed by atoms with Gasteiger partial charge in [0.1, 0.15) is 5.60 Å². The van der Waals surface area contributed by atoms with Gasteiger partial charge in [0.05, 0.1) is 12.2 Å². The smallest absolute Gasteiger partial charge is 0.410 e. The molecule has 2 rings (SSSR count). The molecule has 138 valence electrons. The zero-order valence-electron chi connectivity index (χ0n) is 15.8. The van der Waals surface area contributed by atoms with Gasteiger partial charge in [0.25, 0.3) is 0 Å². The zero-order valence-corrected chi connectivity index (χ0v) is 15.8. The van der Waals surface area contributed by atoms with Crippen LogP contribution in [0.15, 0.2) is 22.4 Å². The van der Waals surface area contributed by atoms with Gasteiger partial charge in [-0.1, -0.05) is 6.07 Å². The number of amides is 1. The van der Waals surface area contributed by atoms with Crippen LogP contribution in [0.2, 0.25) is 0 Å². The van der Waals surface area contributed by atoms with Gasteiger partial charge in [-0.25, -0.2) is 4.79 Å². The summed E-state index contributed by atoms with van der Waals surface area (Å²) in [7, 11) is 4.87. The number of hydrogen-bond acceptors (Lipinski definition) is 6. The summed E-state index contributed by atoms with van der Waals surface area (Å²) < 4.78 is 16.2. The van der Waals surface area contributed by atoms with E-state index in [0.717, 1.165) is 28.8 Å². The van der Waals surface area contributed by atoms with Gasteiger partial charge in [-0.05, 0) is 44.4 Å². The van der Waals surface area contributed by atoms with Gasteiger partial charge in [0, 0.05) is 33.4 Å². The lowest BCUT2D eigenvalue weighted by atomic mass is 9.98. The third-order valence-corrected chi connectivity index (χ3v) is 3.79. The number of carbonyl (C=O) groups excluding carboxylic acids is 1. The Morgan fingerprint density at radius 3 is 2.56 bits per heavy atom. The Bertz CT molecular complexity index is 648. The van der Waals surface area contributed by atoms with E-state index in [1.54, 1.807) is 26.2 Å². The van der Waals surface area contributed by atoms with E-state index in [0.29, 0.717) is 13.1 Å². The largest absolute Gasteiger partial charge is 0.444 e. The van der Waals surface area contributed by atoms with Gasteiger partial charge in [-0.3, -0.25) is 0 Å². The van der Waals surface area contributed by atoms with Gasteiger partial charge in [-0.2, -0.15) is 10.2 Å². The summed E-state index contributed by atoms with van der Waals surface area (Å²) in [5, 5.41) is 8.31. The number of ether oxygens (including phenoxy) is 3. The van der Waals surface area contributed by atoms with Crippen LogP contribution in [0.4, 0.5) is 10.5 Å². The van der Waals surface area contributed by atoms with Crippen molar-refractivity contribution in [2.45, 2.75) is 45.6 Å². The van der Waals surface area contributed by atoms with E-state index in [1.165, 1.54) is 0 Å². The molecule has 0 N–H and O–H groups in total. The predicted octanol–water partition coefficient (Wildman–Crippen LogP) is 3.98. The summed E-state index contributed by atoms with van der Waals surface area (Å²) in [5.41, 5.74) is 3.17. The maximum Gasteiger partial charge on any atom is 0.410 e. The van der Waals surface area contributed by atoms with Crippen molar-refractivity contribution >= 4 is 11.8 Å². The Kier molecular flexibility index (Phi) is 6.13. The average molecular weight is 349 g/mol. The molecular formula is C18H27N3O4. The minimum atomic E-state index is -0.538. The molecule has 1 aromatic rings. The van der Waals surface area contributed by atoms with E-state index < -0.39 is 11.9 Å². The van der Waals surface area contributed by atoms with Crippen LogP contribution in [0, 0.1) is 0 Å². The number of rotatable bonds is 5. The van der Waals surface area contributed by atoms with Gasteiger partial charge < -0.3 is 19.1 Å². The predicted molar refractivity (Wildman–Crippen MR) is 94.0 cm³/mol. The van der Waals surface area contributed by atoms with Crippen molar-refractivity contribution in [3.63, 3.8) is 0 Å². The van der Waals surface area contributed by atoms with Crippen LogP contribution in [-0.2, 0) is 27.2 Å². The van der Waals surface area contributed by atoms with Crippen molar-refractivity contribution in [2.24, 2.45) is 10.2 Å². The summed E-state index contributed by atoms with van der Waals surface area (Å²) in [4.78, 5) is 13.8. The van der Waals surface area contributed by atoms with E-state index >= 15 is 0 Å². The zero-order chi connectivity index (χ0) is 18.6. The third kappa shape index (κ3) is 4.99. The summed E-state index contributed by atoms with van der Waals surface area (Å²) in [6, 6.07) is 3.97. The molecule has 1 aromatic carbocycles. The van der Waals surface area contributed by atoms with E-state index in [-0.39, 0.29) is 6.09 Å². The Labute approximate surface area is 149 Å². The lowest BCUT2D eigenvalue weighted by molar-refractivity contribution is -0.106. The first-order valence-corrected chi connectivity index (χ1v) is 8.28. The number of benzene rings is 1. The molecule has 0 unspecified atom stereocenters. The maximum atomic E-state index is 12.3. The molecule has 1 amide bonds. The fraction of sp³-hybridized carbons (Fsp3) is 0.611. The van der Waals surface area contributed by atoms with Crippen LogP contribution in [0.25, 0.3) is 0 Å². The molecule has 0 saturated carbocycles. The molecule has 7 nitrogen and oxygen atoms in total. The summed E-state index contributed by atoms with van der Waals surface area (Å²) in [6.07, 6.45) is -0.0842. The topological polar surface area (TPSA) is 72.7 Å². The Morgan fingerprint density at radius 1 is 1.28 bits per heavy atom. The van der Waals surface area contributed by atoms with Gasteiger partial charge in [0.2, 0.25) is 0 Å². The van der Waals surface area contributed by atoms with Crippen molar-refractivity contribution in [3.05, 3.63) is 28.8 Å². The first kappa shape index (κ1) is 19.3. The third-order valence-electron chi connectivity index (χ3n) is 3.79. The highest BCUT2D eigenvalue weighted by Gasteiger charge is 2.23. The highest BCUT2D eigenvalue weighted by Crippen LogP contribution is 2.33. The van der Waals surface area contributed by atoms with Gasteiger partial charge in [-0.15, -0.1) is 0 Å². The minimum absolute atomic E-state index is 0.373. The SMILES string of the molecule is COC(OC)c1cc2c(cc1CN(C)C(=O)OC(C)(C)C)CCN=N2. The molecule has 0 aliphatic carbocycles. The van der Waals surface area contributed by atoms with Gasteiger partial charge in [0.15, 0.2) is 6.29 Å². The Morgan fingerprint density at radius 2 is 1.96 bits per heavy atom. The second-order valence-corrected chi connectivity index (χ2v) is 7.03. The van der Waals surface area contributed by atoms with Crippen LogP contribution in [0.3, 0.4) is 0 Å². The van der Waals surface area contributed by atoms with Crippen molar-refractivity contribution in [3.8, 4) is 0 Å². The molecule has 7 heteroatoms. The Hall–Kier alpha value is -1.99. The molecule has 0 spiro atoms. The molecule has 0 saturated heterocycles. The molecule has 0 atom stereocenters. The number of fused-ring (bicyclic) bond motifs is 1. The quantitative estimate of drug-likeness (QED) is 0.754. The van der Waals surface area contributed by atoms with Crippen molar-refractivity contribution < 1.29 is 19.0 Å².